The molecule has 0 unspecified atom stereocenters. The van der Waals surface area contributed by atoms with E-state index in [9.17, 15) is 4.79 Å². The van der Waals surface area contributed by atoms with Crippen LogP contribution in [0.25, 0.3) is 11.5 Å². The van der Waals surface area contributed by atoms with Crippen LogP contribution in [0.2, 0.25) is 0 Å². The standard InChI is InChI=1S/C21H23N3O3/c1-15(2)12-19(16-6-4-3-5-7-16)23-20(25)13-26-18-10-8-17(9-11-18)21-24-22-14-27-21/h3-11,14-15,19H,12-13H2,1-2H3,(H,23,25)/t19-/m0/s1. The zero-order valence-corrected chi connectivity index (χ0v) is 15.5. The Morgan fingerprint density at radius 1 is 1.11 bits per heavy atom. The summed E-state index contributed by atoms with van der Waals surface area (Å²) >= 11 is 0. The molecule has 1 aromatic heterocycles. The smallest absolute Gasteiger partial charge is 0.258 e. The van der Waals surface area contributed by atoms with E-state index >= 15 is 0 Å². The van der Waals surface area contributed by atoms with Gasteiger partial charge in [-0.1, -0.05) is 44.2 Å². The number of hydrogen-bond donors (Lipinski definition) is 1. The van der Waals surface area contributed by atoms with E-state index in [1.54, 1.807) is 12.1 Å². The number of nitrogens with one attached hydrogen (secondary N) is 1. The van der Waals surface area contributed by atoms with Crippen LogP contribution in [0.1, 0.15) is 31.9 Å². The van der Waals surface area contributed by atoms with Crippen LogP contribution in [0.3, 0.4) is 0 Å². The van der Waals surface area contributed by atoms with Crippen molar-refractivity contribution in [3.8, 4) is 17.2 Å². The molecule has 0 radical (unpaired) electrons. The second-order valence-corrected chi connectivity index (χ2v) is 6.72. The second-order valence-electron chi connectivity index (χ2n) is 6.72. The zero-order valence-electron chi connectivity index (χ0n) is 15.5. The molecule has 6 nitrogen and oxygen atoms in total. The molecule has 6 heteroatoms. The molecule has 0 aliphatic carbocycles. The van der Waals surface area contributed by atoms with E-state index in [2.05, 4.69) is 29.4 Å². The van der Waals surface area contributed by atoms with Crippen LogP contribution in [0.15, 0.2) is 65.4 Å². The second kappa shape index (κ2) is 8.98. The first-order chi connectivity index (χ1) is 13.1. The van der Waals surface area contributed by atoms with E-state index in [0.29, 0.717) is 17.6 Å². The lowest BCUT2D eigenvalue weighted by Gasteiger charge is -2.21. The fraction of sp³-hybridized carbons (Fsp3) is 0.286. The molecule has 3 aromatic rings. The highest BCUT2D eigenvalue weighted by atomic mass is 16.5. The van der Waals surface area contributed by atoms with Gasteiger partial charge in [0, 0.05) is 5.56 Å². The van der Waals surface area contributed by atoms with Crippen LogP contribution in [-0.2, 0) is 4.79 Å². The highest BCUT2D eigenvalue weighted by molar-refractivity contribution is 5.78. The van der Waals surface area contributed by atoms with Gasteiger partial charge < -0.3 is 14.5 Å². The Balaban J connectivity index is 1.56. The molecule has 1 heterocycles. The Labute approximate surface area is 158 Å². The van der Waals surface area contributed by atoms with Gasteiger partial charge in [-0.15, -0.1) is 10.2 Å². The fourth-order valence-corrected chi connectivity index (χ4v) is 2.81. The average molecular weight is 365 g/mol. The number of carbonyl (C=O) groups is 1. The number of benzene rings is 2. The number of amides is 1. The minimum Gasteiger partial charge on any atom is -0.484 e. The highest BCUT2D eigenvalue weighted by Crippen LogP contribution is 2.22. The molecule has 27 heavy (non-hydrogen) atoms. The molecule has 1 atom stereocenters. The quantitative estimate of drug-likeness (QED) is 0.652. The van der Waals surface area contributed by atoms with E-state index in [4.69, 9.17) is 9.15 Å². The number of hydrogen-bond acceptors (Lipinski definition) is 5. The van der Waals surface area contributed by atoms with Crippen molar-refractivity contribution in [1.82, 2.24) is 15.5 Å². The Hall–Kier alpha value is -3.15. The Morgan fingerprint density at radius 2 is 1.85 bits per heavy atom. The summed E-state index contributed by atoms with van der Waals surface area (Å²) in [5, 5.41) is 10.6. The first-order valence-corrected chi connectivity index (χ1v) is 8.95. The molecule has 0 spiro atoms. The third-order valence-corrected chi connectivity index (χ3v) is 4.08. The molecule has 0 saturated carbocycles. The first-order valence-electron chi connectivity index (χ1n) is 8.95. The van der Waals surface area contributed by atoms with Crippen molar-refractivity contribution >= 4 is 5.91 Å². The summed E-state index contributed by atoms with van der Waals surface area (Å²) < 4.78 is 10.8. The largest absolute Gasteiger partial charge is 0.484 e. The van der Waals surface area contributed by atoms with Gasteiger partial charge in [-0.05, 0) is 42.2 Å². The Bertz CT molecular complexity index is 831. The van der Waals surface area contributed by atoms with Crippen molar-refractivity contribution in [2.45, 2.75) is 26.3 Å². The fourth-order valence-electron chi connectivity index (χ4n) is 2.81. The molecule has 0 saturated heterocycles. The lowest BCUT2D eigenvalue weighted by atomic mass is 9.97. The molecule has 3 rings (SSSR count). The maximum atomic E-state index is 12.4. The van der Waals surface area contributed by atoms with Crippen LogP contribution >= 0.6 is 0 Å². The zero-order chi connectivity index (χ0) is 19.1. The maximum Gasteiger partial charge on any atom is 0.258 e. The van der Waals surface area contributed by atoms with Gasteiger partial charge in [0.15, 0.2) is 6.61 Å². The Kier molecular flexibility index (Phi) is 6.20. The van der Waals surface area contributed by atoms with Crippen LogP contribution in [-0.4, -0.2) is 22.7 Å². The minimum absolute atomic E-state index is 0.0257. The minimum atomic E-state index is -0.148. The SMILES string of the molecule is CC(C)C[C@H](NC(=O)COc1ccc(-c2nnco2)cc1)c1ccccc1. The van der Waals surface area contributed by atoms with Crippen molar-refractivity contribution in [2.75, 3.05) is 6.61 Å². The van der Waals surface area contributed by atoms with Gasteiger partial charge in [-0.2, -0.15) is 0 Å². The highest BCUT2D eigenvalue weighted by Gasteiger charge is 2.16. The summed E-state index contributed by atoms with van der Waals surface area (Å²) in [6.07, 6.45) is 2.15. The van der Waals surface area contributed by atoms with Crippen LogP contribution in [0.4, 0.5) is 0 Å². The van der Waals surface area contributed by atoms with Gasteiger partial charge in [0.2, 0.25) is 12.3 Å². The van der Waals surface area contributed by atoms with E-state index in [1.165, 1.54) is 6.39 Å². The molecule has 2 aromatic carbocycles. The van der Waals surface area contributed by atoms with Gasteiger partial charge in [0.1, 0.15) is 5.75 Å². The lowest BCUT2D eigenvalue weighted by Crippen LogP contribution is -2.33. The molecule has 0 aliphatic rings. The van der Waals surface area contributed by atoms with Crippen molar-refractivity contribution in [3.05, 3.63) is 66.6 Å². The molecule has 1 N–H and O–H groups in total. The number of nitrogens with zero attached hydrogens (tertiary/aromatic N) is 2. The topological polar surface area (TPSA) is 77.2 Å². The third kappa shape index (κ3) is 5.41. The summed E-state index contributed by atoms with van der Waals surface area (Å²) in [5.74, 6) is 1.37. The lowest BCUT2D eigenvalue weighted by molar-refractivity contribution is -0.124. The van der Waals surface area contributed by atoms with E-state index < -0.39 is 0 Å². The first kappa shape index (κ1) is 18.6. The number of aromatic nitrogens is 2. The van der Waals surface area contributed by atoms with Gasteiger partial charge in [0.05, 0.1) is 6.04 Å². The van der Waals surface area contributed by atoms with Gasteiger partial charge in [-0.3, -0.25) is 4.79 Å². The molecule has 1 amide bonds. The van der Waals surface area contributed by atoms with Crippen molar-refractivity contribution in [2.24, 2.45) is 5.92 Å². The summed E-state index contributed by atoms with van der Waals surface area (Å²) in [6, 6.07) is 17.1. The monoisotopic (exact) mass is 365 g/mol. The maximum absolute atomic E-state index is 12.4. The van der Waals surface area contributed by atoms with Crippen LogP contribution < -0.4 is 10.1 Å². The molecule has 0 aliphatic heterocycles. The predicted octanol–water partition coefficient (Wildman–Crippen LogP) is 4.02. The van der Waals surface area contributed by atoms with E-state index in [1.807, 2.05) is 42.5 Å². The summed E-state index contributed by atoms with van der Waals surface area (Å²) in [5.41, 5.74) is 1.90. The molecular formula is C21H23N3O3. The van der Waals surface area contributed by atoms with E-state index in [0.717, 1.165) is 17.5 Å². The summed E-state index contributed by atoms with van der Waals surface area (Å²) in [4.78, 5) is 12.4. The average Bonchev–Trinajstić information content (AvgIpc) is 3.21. The van der Waals surface area contributed by atoms with Gasteiger partial charge in [-0.25, -0.2) is 0 Å². The van der Waals surface area contributed by atoms with Crippen LogP contribution in [0.5, 0.6) is 5.75 Å². The molecule has 0 bridgehead atoms. The van der Waals surface area contributed by atoms with E-state index in [-0.39, 0.29) is 18.6 Å². The van der Waals surface area contributed by atoms with Gasteiger partial charge >= 0.3 is 0 Å². The van der Waals surface area contributed by atoms with Crippen LogP contribution in [0, 0.1) is 5.92 Å². The van der Waals surface area contributed by atoms with Gasteiger partial charge in [0.25, 0.3) is 5.91 Å². The number of carbonyl (C=O) groups excluding carboxylic acids is 1. The number of ether oxygens (including phenoxy) is 1. The number of rotatable bonds is 8. The van der Waals surface area contributed by atoms with Crippen molar-refractivity contribution in [1.29, 1.82) is 0 Å². The Morgan fingerprint density at radius 3 is 2.48 bits per heavy atom. The third-order valence-electron chi connectivity index (χ3n) is 4.08. The normalized spacial score (nSPS) is 12.0. The summed E-state index contributed by atoms with van der Waals surface area (Å²) in [7, 11) is 0. The van der Waals surface area contributed by atoms with Crippen molar-refractivity contribution in [3.63, 3.8) is 0 Å². The predicted molar refractivity (Wildman–Crippen MR) is 102 cm³/mol. The summed E-state index contributed by atoms with van der Waals surface area (Å²) in [6.45, 7) is 4.24. The molecular weight excluding hydrogens is 342 g/mol. The molecule has 0 fully saturated rings. The van der Waals surface area contributed by atoms with Crippen molar-refractivity contribution < 1.29 is 13.9 Å². The molecule has 140 valence electrons.